The van der Waals surface area contributed by atoms with Crippen LogP contribution >= 0.6 is 0 Å². The van der Waals surface area contributed by atoms with E-state index in [1.165, 1.54) is 0 Å². The summed E-state index contributed by atoms with van der Waals surface area (Å²) in [6.07, 6.45) is 3.43. The Hall–Kier alpha value is -2.97. The van der Waals surface area contributed by atoms with E-state index in [2.05, 4.69) is 22.1 Å². The topological polar surface area (TPSA) is 44.2 Å². The standard InChI is InChI=1S/C22H14N2O2.Pt/c1-3-13-23-21(11-1)17-7-5-8-18(15-17)25-19-9-6-10-20(16-19)26-22-12-2-4-14-24-22;/h1-14H;/q-2;+2. The summed E-state index contributed by atoms with van der Waals surface area (Å²) in [4.78, 5) is 8.47. The Morgan fingerprint density at radius 1 is 0.593 bits per heavy atom. The van der Waals surface area contributed by atoms with Gasteiger partial charge in [0.2, 0.25) is 5.88 Å². The fourth-order valence-electron chi connectivity index (χ4n) is 2.36. The van der Waals surface area contributed by atoms with Crippen LogP contribution in [0.2, 0.25) is 0 Å². The van der Waals surface area contributed by atoms with Crippen LogP contribution in [0.3, 0.4) is 0 Å². The number of hydrogen-bond donors (Lipinski definition) is 0. The van der Waals surface area contributed by atoms with Gasteiger partial charge in [0.05, 0.1) is 0 Å². The van der Waals surface area contributed by atoms with Crippen molar-refractivity contribution in [2.45, 2.75) is 0 Å². The quantitative estimate of drug-likeness (QED) is 0.326. The van der Waals surface area contributed by atoms with Crippen molar-refractivity contribution < 1.29 is 30.5 Å². The van der Waals surface area contributed by atoms with Crippen LogP contribution in [0.15, 0.2) is 85.2 Å². The van der Waals surface area contributed by atoms with E-state index in [0.717, 1.165) is 11.3 Å². The third kappa shape index (κ3) is 5.02. The molecule has 27 heavy (non-hydrogen) atoms. The average Bonchev–Trinajstić information content (AvgIpc) is 2.70. The van der Waals surface area contributed by atoms with Crippen LogP contribution in [0.25, 0.3) is 11.3 Å². The maximum absolute atomic E-state index is 5.88. The fraction of sp³-hybridized carbons (Fsp3) is 0. The number of rotatable bonds is 5. The first-order valence-corrected chi connectivity index (χ1v) is 8.10. The third-order valence-corrected chi connectivity index (χ3v) is 3.52. The number of pyridine rings is 2. The molecular formula is C22H14N2O2Pt. The molecule has 0 aliphatic heterocycles. The molecule has 5 heteroatoms. The molecule has 2 aromatic heterocycles. The summed E-state index contributed by atoms with van der Waals surface area (Å²) in [5, 5.41) is 0. The van der Waals surface area contributed by atoms with Gasteiger partial charge in [0.25, 0.3) is 0 Å². The Kier molecular flexibility index (Phi) is 6.34. The Labute approximate surface area is 172 Å². The smallest absolute Gasteiger partial charge is 0.503 e. The van der Waals surface area contributed by atoms with Crippen molar-refractivity contribution in [1.82, 2.24) is 9.97 Å². The summed E-state index contributed by atoms with van der Waals surface area (Å²) in [6.45, 7) is 0. The second kappa shape index (κ2) is 9.11. The first-order chi connectivity index (χ1) is 12.9. The molecule has 134 valence electrons. The summed E-state index contributed by atoms with van der Waals surface area (Å²) in [5.41, 5.74) is 1.71. The van der Waals surface area contributed by atoms with Crippen LogP contribution in [0.1, 0.15) is 0 Å². The van der Waals surface area contributed by atoms with Gasteiger partial charge in [-0.05, 0) is 17.8 Å². The normalized spacial score (nSPS) is 9.93. The molecular weight excluding hydrogens is 519 g/mol. The van der Waals surface area contributed by atoms with E-state index in [0.29, 0.717) is 23.1 Å². The van der Waals surface area contributed by atoms with Crippen molar-refractivity contribution in [3.63, 3.8) is 0 Å². The number of ether oxygens (including phenoxy) is 2. The minimum atomic E-state index is 0. The van der Waals surface area contributed by atoms with Crippen LogP contribution in [-0.4, -0.2) is 9.97 Å². The monoisotopic (exact) mass is 533 g/mol. The molecule has 4 aromatic rings. The largest absolute Gasteiger partial charge is 2.00 e. The van der Waals surface area contributed by atoms with Crippen molar-refractivity contribution in [3.05, 3.63) is 97.3 Å². The Morgan fingerprint density at radius 3 is 1.96 bits per heavy atom. The van der Waals surface area contributed by atoms with Gasteiger partial charge in [-0.1, -0.05) is 30.3 Å². The summed E-state index contributed by atoms with van der Waals surface area (Å²) < 4.78 is 11.6. The Morgan fingerprint density at radius 2 is 1.26 bits per heavy atom. The van der Waals surface area contributed by atoms with Gasteiger partial charge in [-0.15, -0.1) is 35.9 Å². The molecule has 0 fully saturated rings. The maximum atomic E-state index is 5.88. The van der Waals surface area contributed by atoms with Gasteiger partial charge in [0.15, 0.2) is 0 Å². The fourth-order valence-corrected chi connectivity index (χ4v) is 2.36. The predicted molar refractivity (Wildman–Crippen MR) is 98.2 cm³/mol. The van der Waals surface area contributed by atoms with Crippen molar-refractivity contribution in [2.75, 3.05) is 0 Å². The second-order valence-electron chi connectivity index (χ2n) is 5.40. The molecule has 0 aliphatic rings. The van der Waals surface area contributed by atoms with Crippen molar-refractivity contribution in [1.29, 1.82) is 0 Å². The van der Waals surface area contributed by atoms with E-state index in [-0.39, 0.29) is 21.1 Å². The van der Waals surface area contributed by atoms with Crippen LogP contribution in [0.5, 0.6) is 23.1 Å². The van der Waals surface area contributed by atoms with Crippen molar-refractivity contribution in [3.8, 4) is 34.4 Å². The van der Waals surface area contributed by atoms with E-state index < -0.39 is 0 Å². The molecule has 4 nitrogen and oxygen atoms in total. The molecule has 2 aromatic carbocycles. The predicted octanol–water partition coefficient (Wildman–Crippen LogP) is 5.33. The molecule has 0 unspecified atom stereocenters. The molecule has 0 saturated heterocycles. The van der Waals surface area contributed by atoms with Gasteiger partial charge in [0, 0.05) is 35.7 Å². The first kappa shape index (κ1) is 18.8. The molecule has 2 heterocycles. The van der Waals surface area contributed by atoms with E-state index in [1.54, 1.807) is 24.5 Å². The number of benzene rings is 2. The molecule has 0 radical (unpaired) electrons. The molecule has 0 saturated carbocycles. The van der Waals surface area contributed by atoms with Crippen LogP contribution in [0, 0.1) is 12.1 Å². The van der Waals surface area contributed by atoms with Crippen molar-refractivity contribution >= 4 is 0 Å². The molecule has 0 amide bonds. The minimum absolute atomic E-state index is 0. The maximum Gasteiger partial charge on any atom is 2.00 e. The molecule has 0 bridgehead atoms. The van der Waals surface area contributed by atoms with Gasteiger partial charge < -0.3 is 14.5 Å². The zero-order valence-corrected chi connectivity index (χ0v) is 16.4. The van der Waals surface area contributed by atoms with Crippen LogP contribution in [0.4, 0.5) is 0 Å². The molecule has 4 rings (SSSR count). The average molecular weight is 533 g/mol. The first-order valence-electron chi connectivity index (χ1n) is 8.10. The summed E-state index contributed by atoms with van der Waals surface area (Å²) in [7, 11) is 0. The van der Waals surface area contributed by atoms with Gasteiger partial charge >= 0.3 is 21.1 Å². The third-order valence-electron chi connectivity index (χ3n) is 3.52. The summed E-state index contributed by atoms with van der Waals surface area (Å²) in [5.74, 6) is 2.15. The second-order valence-corrected chi connectivity index (χ2v) is 5.40. The minimum Gasteiger partial charge on any atom is -0.503 e. The van der Waals surface area contributed by atoms with Gasteiger partial charge in [-0.25, -0.2) is 4.98 Å². The SMILES string of the molecule is [Pt+2].[c-]1c(Oc2[c-]c(-c3ccccn3)ccc2)cccc1Oc1ccccn1. The van der Waals surface area contributed by atoms with Crippen LogP contribution in [-0.2, 0) is 21.1 Å². The van der Waals surface area contributed by atoms with E-state index in [9.17, 15) is 0 Å². The number of aromatic nitrogens is 2. The van der Waals surface area contributed by atoms with Gasteiger partial charge in [-0.2, -0.15) is 6.07 Å². The molecule has 0 atom stereocenters. The zero-order valence-electron chi connectivity index (χ0n) is 14.1. The molecule has 0 N–H and O–H groups in total. The number of nitrogens with zero attached hydrogens (tertiary/aromatic N) is 2. The number of hydrogen-bond acceptors (Lipinski definition) is 4. The molecule has 0 spiro atoms. The Bertz CT molecular complexity index is 995. The summed E-state index contributed by atoms with van der Waals surface area (Å²) in [6, 6.07) is 28.7. The zero-order chi connectivity index (χ0) is 17.6. The van der Waals surface area contributed by atoms with Crippen molar-refractivity contribution in [2.24, 2.45) is 0 Å². The van der Waals surface area contributed by atoms with E-state index in [4.69, 9.17) is 9.47 Å². The van der Waals surface area contributed by atoms with Gasteiger partial charge in [-0.3, -0.25) is 0 Å². The summed E-state index contributed by atoms with van der Waals surface area (Å²) >= 11 is 0. The van der Waals surface area contributed by atoms with E-state index in [1.807, 2.05) is 60.7 Å². The Balaban J connectivity index is 0.00000210. The molecule has 0 aliphatic carbocycles. The van der Waals surface area contributed by atoms with Gasteiger partial charge in [0.1, 0.15) is 0 Å². The van der Waals surface area contributed by atoms with E-state index >= 15 is 0 Å². The van der Waals surface area contributed by atoms with Crippen LogP contribution < -0.4 is 9.47 Å².